The van der Waals surface area contributed by atoms with Crippen LogP contribution in [-0.2, 0) is 4.79 Å². The third kappa shape index (κ3) is 3.49. The van der Waals surface area contributed by atoms with Crippen LogP contribution in [0.25, 0.3) is 0 Å². The smallest absolute Gasteiger partial charge is 0.323 e. The summed E-state index contributed by atoms with van der Waals surface area (Å²) >= 11 is 0. The van der Waals surface area contributed by atoms with E-state index in [-0.39, 0.29) is 0 Å². The molecule has 3 heteroatoms. The summed E-state index contributed by atoms with van der Waals surface area (Å²) in [5.41, 5.74) is -0.629. The topological polar surface area (TPSA) is 49.3 Å². The molecule has 0 bridgehead atoms. The van der Waals surface area contributed by atoms with Crippen LogP contribution in [-0.4, -0.2) is 23.2 Å². The maximum atomic E-state index is 11.4. The lowest BCUT2D eigenvalue weighted by atomic mass is 9.84. The summed E-state index contributed by atoms with van der Waals surface area (Å²) in [4.78, 5) is 11.4. The van der Waals surface area contributed by atoms with Crippen molar-refractivity contribution in [2.45, 2.75) is 63.8 Å². The van der Waals surface area contributed by atoms with Gasteiger partial charge in [-0.3, -0.25) is 4.79 Å². The molecule has 1 rings (SSSR count). The Morgan fingerprint density at radius 2 is 1.73 bits per heavy atom. The SMILES string of the molecule is CCCNC1(C(=O)O)CCCCCCC1. The molecule has 15 heavy (non-hydrogen) atoms. The minimum atomic E-state index is -0.655. The molecule has 3 nitrogen and oxygen atoms in total. The Bertz CT molecular complexity index is 190. The Balaban J connectivity index is 2.62. The molecule has 1 aliphatic rings. The van der Waals surface area contributed by atoms with Gasteiger partial charge in [-0.2, -0.15) is 0 Å². The maximum Gasteiger partial charge on any atom is 0.323 e. The summed E-state index contributed by atoms with van der Waals surface area (Å²) in [5, 5.41) is 12.6. The zero-order valence-electron chi connectivity index (χ0n) is 9.72. The van der Waals surface area contributed by atoms with Crippen molar-refractivity contribution in [1.82, 2.24) is 5.32 Å². The van der Waals surface area contributed by atoms with E-state index in [4.69, 9.17) is 0 Å². The Kier molecular flexibility index (Phi) is 5.09. The molecule has 88 valence electrons. The quantitative estimate of drug-likeness (QED) is 0.754. The second-order valence-electron chi connectivity index (χ2n) is 4.58. The third-order valence-electron chi connectivity index (χ3n) is 3.33. The van der Waals surface area contributed by atoms with Gasteiger partial charge in [-0.05, 0) is 25.8 Å². The van der Waals surface area contributed by atoms with Crippen molar-refractivity contribution in [3.8, 4) is 0 Å². The summed E-state index contributed by atoms with van der Waals surface area (Å²) < 4.78 is 0. The van der Waals surface area contributed by atoms with Gasteiger partial charge in [0.25, 0.3) is 0 Å². The fourth-order valence-electron chi connectivity index (χ4n) is 2.34. The Morgan fingerprint density at radius 1 is 1.20 bits per heavy atom. The van der Waals surface area contributed by atoms with E-state index >= 15 is 0 Å². The average molecular weight is 213 g/mol. The molecule has 0 aliphatic heterocycles. The summed E-state index contributed by atoms with van der Waals surface area (Å²) in [6, 6.07) is 0. The van der Waals surface area contributed by atoms with Gasteiger partial charge in [-0.15, -0.1) is 0 Å². The van der Waals surface area contributed by atoms with Crippen LogP contribution in [0.15, 0.2) is 0 Å². The Hall–Kier alpha value is -0.570. The average Bonchev–Trinajstić information content (AvgIpc) is 2.16. The van der Waals surface area contributed by atoms with Gasteiger partial charge in [-0.25, -0.2) is 0 Å². The van der Waals surface area contributed by atoms with Crippen molar-refractivity contribution in [3.05, 3.63) is 0 Å². The first-order valence-corrected chi connectivity index (χ1v) is 6.20. The number of carboxylic acids is 1. The molecule has 1 aliphatic carbocycles. The van der Waals surface area contributed by atoms with E-state index in [0.29, 0.717) is 0 Å². The van der Waals surface area contributed by atoms with Crippen LogP contribution in [0.5, 0.6) is 0 Å². The molecular formula is C12H23NO2. The van der Waals surface area contributed by atoms with E-state index in [1.807, 2.05) is 0 Å². The van der Waals surface area contributed by atoms with Crippen LogP contribution in [0, 0.1) is 0 Å². The number of aliphatic carboxylic acids is 1. The summed E-state index contributed by atoms with van der Waals surface area (Å²) in [6.07, 6.45) is 8.31. The second-order valence-corrected chi connectivity index (χ2v) is 4.58. The van der Waals surface area contributed by atoms with Gasteiger partial charge in [0.1, 0.15) is 5.54 Å². The predicted octanol–water partition coefficient (Wildman–Crippen LogP) is 2.55. The van der Waals surface area contributed by atoms with Gasteiger partial charge >= 0.3 is 5.97 Å². The first kappa shape index (κ1) is 12.5. The molecule has 0 unspecified atom stereocenters. The van der Waals surface area contributed by atoms with Crippen LogP contribution < -0.4 is 5.32 Å². The molecule has 0 amide bonds. The largest absolute Gasteiger partial charge is 0.480 e. The highest BCUT2D eigenvalue weighted by Gasteiger charge is 2.36. The van der Waals surface area contributed by atoms with E-state index in [0.717, 1.165) is 38.6 Å². The van der Waals surface area contributed by atoms with Crippen molar-refractivity contribution in [1.29, 1.82) is 0 Å². The molecule has 1 saturated carbocycles. The zero-order chi connectivity index (χ0) is 11.1. The van der Waals surface area contributed by atoms with Gasteiger partial charge in [0, 0.05) is 0 Å². The van der Waals surface area contributed by atoms with E-state index in [1.54, 1.807) is 0 Å². The Labute approximate surface area is 92.3 Å². The monoisotopic (exact) mass is 213 g/mol. The fourth-order valence-corrected chi connectivity index (χ4v) is 2.34. The number of nitrogens with one attached hydrogen (secondary N) is 1. The van der Waals surface area contributed by atoms with Crippen LogP contribution in [0.2, 0.25) is 0 Å². The van der Waals surface area contributed by atoms with Crippen LogP contribution in [0.4, 0.5) is 0 Å². The summed E-state index contributed by atoms with van der Waals surface area (Å²) in [7, 11) is 0. The van der Waals surface area contributed by atoms with E-state index in [1.165, 1.54) is 19.3 Å². The second kappa shape index (κ2) is 6.11. The standard InChI is InChI=1S/C12H23NO2/c1-2-10-13-12(11(14)15)8-6-4-3-5-7-9-12/h13H,2-10H2,1H3,(H,14,15). The fraction of sp³-hybridized carbons (Fsp3) is 0.917. The minimum Gasteiger partial charge on any atom is -0.480 e. The van der Waals surface area contributed by atoms with Crippen LogP contribution in [0.3, 0.4) is 0 Å². The third-order valence-corrected chi connectivity index (χ3v) is 3.33. The zero-order valence-corrected chi connectivity index (χ0v) is 9.72. The molecule has 0 radical (unpaired) electrons. The van der Waals surface area contributed by atoms with E-state index < -0.39 is 11.5 Å². The first-order valence-electron chi connectivity index (χ1n) is 6.20. The lowest BCUT2D eigenvalue weighted by Crippen LogP contribution is -2.52. The number of hydrogen-bond acceptors (Lipinski definition) is 2. The maximum absolute atomic E-state index is 11.4. The molecule has 1 fully saturated rings. The number of carbonyl (C=O) groups is 1. The van der Waals surface area contributed by atoms with Gasteiger partial charge in [0.2, 0.25) is 0 Å². The minimum absolute atomic E-state index is 0.629. The van der Waals surface area contributed by atoms with Crippen molar-refractivity contribution in [2.75, 3.05) is 6.54 Å². The predicted molar refractivity (Wildman–Crippen MR) is 61.0 cm³/mol. The normalized spacial score (nSPS) is 21.7. The molecule has 2 N–H and O–H groups in total. The highest BCUT2D eigenvalue weighted by Crippen LogP contribution is 2.26. The van der Waals surface area contributed by atoms with Gasteiger partial charge in [0.05, 0.1) is 0 Å². The van der Waals surface area contributed by atoms with Gasteiger partial charge in [0.15, 0.2) is 0 Å². The lowest BCUT2D eigenvalue weighted by Gasteiger charge is -2.32. The van der Waals surface area contributed by atoms with Crippen molar-refractivity contribution >= 4 is 5.97 Å². The van der Waals surface area contributed by atoms with Crippen molar-refractivity contribution in [2.24, 2.45) is 0 Å². The van der Waals surface area contributed by atoms with Gasteiger partial charge in [-0.1, -0.05) is 39.0 Å². The molecule has 0 aromatic carbocycles. The highest BCUT2D eigenvalue weighted by atomic mass is 16.4. The summed E-state index contributed by atoms with van der Waals surface area (Å²) in [5.74, 6) is -0.655. The van der Waals surface area contributed by atoms with Crippen molar-refractivity contribution in [3.63, 3.8) is 0 Å². The molecule has 0 saturated heterocycles. The number of rotatable bonds is 4. The highest BCUT2D eigenvalue weighted by molar-refractivity contribution is 5.78. The molecule has 0 spiro atoms. The molecule has 0 atom stereocenters. The van der Waals surface area contributed by atoms with E-state index in [9.17, 15) is 9.90 Å². The molecule has 0 heterocycles. The number of hydrogen-bond donors (Lipinski definition) is 2. The van der Waals surface area contributed by atoms with Crippen LogP contribution >= 0.6 is 0 Å². The lowest BCUT2D eigenvalue weighted by molar-refractivity contribution is -0.146. The van der Waals surface area contributed by atoms with Crippen molar-refractivity contribution < 1.29 is 9.90 Å². The Morgan fingerprint density at radius 3 is 2.20 bits per heavy atom. The molecular weight excluding hydrogens is 190 g/mol. The molecule has 0 aromatic rings. The van der Waals surface area contributed by atoms with Crippen LogP contribution in [0.1, 0.15) is 58.3 Å². The summed E-state index contributed by atoms with van der Waals surface area (Å²) in [6.45, 7) is 2.89. The van der Waals surface area contributed by atoms with Gasteiger partial charge < -0.3 is 10.4 Å². The molecule has 0 aromatic heterocycles. The first-order chi connectivity index (χ1) is 7.21. The number of carboxylic acid groups (broad SMARTS) is 1. The van der Waals surface area contributed by atoms with E-state index in [2.05, 4.69) is 12.2 Å².